The molecule has 6 heteroatoms. The highest BCUT2D eigenvalue weighted by Crippen LogP contribution is 2.26. The Morgan fingerprint density at radius 1 is 1.17 bits per heavy atom. The van der Waals surface area contributed by atoms with E-state index in [2.05, 4.69) is 22.3 Å². The van der Waals surface area contributed by atoms with Crippen LogP contribution in [0.3, 0.4) is 0 Å². The molecule has 1 aromatic carbocycles. The minimum Gasteiger partial charge on any atom is -0.339 e. The molecule has 1 aromatic rings. The van der Waals surface area contributed by atoms with Crippen molar-refractivity contribution in [3.8, 4) is 0 Å². The minimum atomic E-state index is -2.75. The highest BCUT2D eigenvalue weighted by Gasteiger charge is 2.43. The molecule has 0 bridgehead atoms. The van der Waals surface area contributed by atoms with Gasteiger partial charge < -0.3 is 4.90 Å². The van der Waals surface area contributed by atoms with E-state index in [0.29, 0.717) is 13.1 Å². The average Bonchev–Trinajstić information content (AvgIpc) is 2.94. The molecule has 0 radical (unpaired) electrons. The minimum absolute atomic E-state index is 0.176. The summed E-state index contributed by atoms with van der Waals surface area (Å²) in [7, 11) is 0. The second-order valence-electron chi connectivity index (χ2n) is 6.40. The molecule has 1 unspecified atom stereocenters. The van der Waals surface area contributed by atoms with E-state index in [-0.39, 0.29) is 18.9 Å². The summed E-state index contributed by atoms with van der Waals surface area (Å²) in [5, 5.41) is 2.65. The average molecular weight is 323 g/mol. The van der Waals surface area contributed by atoms with Crippen molar-refractivity contribution in [3.05, 3.63) is 35.9 Å². The van der Waals surface area contributed by atoms with Gasteiger partial charge in [-0.05, 0) is 12.0 Å². The number of nitrogens with one attached hydrogen (secondary N) is 1. The normalized spacial score (nSPS) is 24.8. The summed E-state index contributed by atoms with van der Waals surface area (Å²) in [6, 6.07) is 9.60. The third-order valence-electron chi connectivity index (χ3n) is 4.65. The lowest BCUT2D eigenvalue weighted by Crippen LogP contribution is -2.53. The Labute approximate surface area is 135 Å². The number of carbonyl (C=O) groups excluding carboxylic acids is 1. The summed E-state index contributed by atoms with van der Waals surface area (Å²) in [5.74, 6) is -2.93. The van der Waals surface area contributed by atoms with Crippen molar-refractivity contribution < 1.29 is 13.6 Å². The quantitative estimate of drug-likeness (QED) is 0.909. The van der Waals surface area contributed by atoms with E-state index >= 15 is 0 Å². The highest BCUT2D eigenvalue weighted by atomic mass is 19.3. The van der Waals surface area contributed by atoms with Crippen molar-refractivity contribution in [3.63, 3.8) is 0 Å². The monoisotopic (exact) mass is 323 g/mol. The fraction of sp³-hybridized carbons (Fsp3) is 0.588. The van der Waals surface area contributed by atoms with Crippen LogP contribution in [0.15, 0.2) is 30.3 Å². The first kappa shape index (κ1) is 16.3. The number of amides is 1. The molecule has 0 aliphatic carbocycles. The lowest BCUT2D eigenvalue weighted by atomic mass is 10.1. The topological polar surface area (TPSA) is 35.6 Å². The van der Waals surface area contributed by atoms with Gasteiger partial charge >= 0.3 is 0 Å². The number of carbonyl (C=O) groups is 1. The van der Waals surface area contributed by atoms with E-state index < -0.39 is 12.0 Å². The second-order valence-corrected chi connectivity index (χ2v) is 6.40. The number of hydrogen-bond acceptors (Lipinski definition) is 3. The number of nitrogens with zero attached hydrogens (tertiary/aromatic N) is 2. The van der Waals surface area contributed by atoms with Crippen molar-refractivity contribution in [2.75, 3.05) is 39.3 Å². The zero-order valence-electron chi connectivity index (χ0n) is 13.2. The lowest BCUT2D eigenvalue weighted by Gasteiger charge is -2.36. The molecule has 2 aliphatic heterocycles. The summed E-state index contributed by atoms with van der Waals surface area (Å²) in [5.41, 5.74) is 1.31. The van der Waals surface area contributed by atoms with Crippen molar-refractivity contribution in [2.24, 2.45) is 0 Å². The Balaban J connectivity index is 1.42. The van der Waals surface area contributed by atoms with Gasteiger partial charge in [0, 0.05) is 39.1 Å². The Morgan fingerprint density at radius 2 is 1.87 bits per heavy atom. The molecule has 2 heterocycles. The van der Waals surface area contributed by atoms with Crippen LogP contribution in [-0.2, 0) is 11.2 Å². The van der Waals surface area contributed by atoms with E-state index in [1.807, 2.05) is 18.2 Å². The zero-order valence-corrected chi connectivity index (χ0v) is 13.2. The molecule has 0 saturated carbocycles. The van der Waals surface area contributed by atoms with Crippen LogP contribution in [0.25, 0.3) is 0 Å². The SMILES string of the molecule is O=C(C1CC(F)(F)CN1)N1CCN(CCc2ccccc2)CC1. The number of halogens is 2. The van der Waals surface area contributed by atoms with Crippen LogP contribution in [0.4, 0.5) is 8.78 Å². The first-order chi connectivity index (χ1) is 11.0. The van der Waals surface area contributed by atoms with Gasteiger partial charge in [0.1, 0.15) is 0 Å². The first-order valence-electron chi connectivity index (χ1n) is 8.20. The van der Waals surface area contributed by atoms with E-state index in [1.165, 1.54) is 5.56 Å². The molecule has 2 fully saturated rings. The molecule has 0 aromatic heterocycles. The molecule has 4 nitrogen and oxygen atoms in total. The van der Waals surface area contributed by atoms with Crippen molar-refractivity contribution >= 4 is 5.91 Å². The van der Waals surface area contributed by atoms with E-state index in [4.69, 9.17) is 0 Å². The van der Waals surface area contributed by atoms with E-state index in [0.717, 1.165) is 26.1 Å². The van der Waals surface area contributed by atoms with Crippen LogP contribution < -0.4 is 5.32 Å². The molecule has 23 heavy (non-hydrogen) atoms. The van der Waals surface area contributed by atoms with Gasteiger partial charge in [0.15, 0.2) is 0 Å². The molecule has 2 saturated heterocycles. The maximum Gasteiger partial charge on any atom is 0.262 e. The van der Waals surface area contributed by atoms with Gasteiger partial charge in [-0.1, -0.05) is 30.3 Å². The Hall–Kier alpha value is -1.53. The van der Waals surface area contributed by atoms with Crippen molar-refractivity contribution in [2.45, 2.75) is 24.8 Å². The van der Waals surface area contributed by atoms with Gasteiger partial charge in [0.25, 0.3) is 5.92 Å². The predicted octanol–water partition coefficient (Wildman–Crippen LogP) is 1.37. The molecular weight excluding hydrogens is 300 g/mol. The first-order valence-corrected chi connectivity index (χ1v) is 8.20. The van der Waals surface area contributed by atoms with Gasteiger partial charge in [-0.25, -0.2) is 8.78 Å². The summed E-state index contributed by atoms with van der Waals surface area (Å²) in [6.07, 6.45) is 0.616. The fourth-order valence-electron chi connectivity index (χ4n) is 3.23. The Morgan fingerprint density at radius 3 is 2.48 bits per heavy atom. The van der Waals surface area contributed by atoms with Gasteiger partial charge in [-0.2, -0.15) is 0 Å². The van der Waals surface area contributed by atoms with Crippen LogP contribution in [0.5, 0.6) is 0 Å². The predicted molar refractivity (Wildman–Crippen MR) is 84.5 cm³/mol. The van der Waals surface area contributed by atoms with Gasteiger partial charge in [0.2, 0.25) is 5.91 Å². The van der Waals surface area contributed by atoms with Crippen LogP contribution in [0.2, 0.25) is 0 Å². The number of hydrogen-bond donors (Lipinski definition) is 1. The number of rotatable bonds is 4. The lowest BCUT2D eigenvalue weighted by molar-refractivity contribution is -0.135. The van der Waals surface area contributed by atoms with Crippen LogP contribution >= 0.6 is 0 Å². The summed E-state index contributed by atoms with van der Waals surface area (Å²) < 4.78 is 26.4. The summed E-state index contributed by atoms with van der Waals surface area (Å²) in [6.45, 7) is 3.43. The molecule has 0 spiro atoms. The largest absolute Gasteiger partial charge is 0.339 e. The standard InChI is InChI=1S/C17H23F2N3O/c18-17(19)12-15(20-13-17)16(23)22-10-8-21(9-11-22)7-6-14-4-2-1-3-5-14/h1-5,15,20H,6-13H2. The molecule has 2 aliphatic rings. The molecule has 126 valence electrons. The van der Waals surface area contributed by atoms with Gasteiger partial charge in [0.05, 0.1) is 12.6 Å². The van der Waals surface area contributed by atoms with Crippen molar-refractivity contribution in [1.82, 2.24) is 15.1 Å². The van der Waals surface area contributed by atoms with Gasteiger partial charge in [-0.15, -0.1) is 0 Å². The second kappa shape index (κ2) is 6.93. The van der Waals surface area contributed by atoms with E-state index in [9.17, 15) is 13.6 Å². The Kier molecular flexibility index (Phi) is 4.92. The summed E-state index contributed by atoms with van der Waals surface area (Å²) >= 11 is 0. The molecule has 3 rings (SSSR count). The van der Waals surface area contributed by atoms with Crippen LogP contribution in [0, 0.1) is 0 Å². The number of benzene rings is 1. The van der Waals surface area contributed by atoms with E-state index in [1.54, 1.807) is 4.90 Å². The maximum absolute atomic E-state index is 13.2. The third-order valence-corrected chi connectivity index (χ3v) is 4.65. The number of piperazine rings is 1. The van der Waals surface area contributed by atoms with Crippen LogP contribution in [-0.4, -0.2) is 66.9 Å². The highest BCUT2D eigenvalue weighted by molar-refractivity contribution is 5.82. The molecule has 1 atom stereocenters. The molecule has 1 amide bonds. The fourth-order valence-corrected chi connectivity index (χ4v) is 3.23. The van der Waals surface area contributed by atoms with Gasteiger partial charge in [-0.3, -0.25) is 15.0 Å². The Bertz CT molecular complexity index is 530. The van der Waals surface area contributed by atoms with Crippen molar-refractivity contribution in [1.29, 1.82) is 0 Å². The smallest absolute Gasteiger partial charge is 0.262 e. The molecule has 1 N–H and O–H groups in total. The maximum atomic E-state index is 13.2. The molecular formula is C17H23F2N3O. The third kappa shape index (κ3) is 4.26. The summed E-state index contributed by atoms with van der Waals surface area (Å²) in [4.78, 5) is 16.3. The zero-order chi connectivity index (χ0) is 16.3. The number of alkyl halides is 2. The van der Waals surface area contributed by atoms with Crippen LogP contribution in [0.1, 0.15) is 12.0 Å².